The summed E-state index contributed by atoms with van der Waals surface area (Å²) in [5.41, 5.74) is 2.51. The van der Waals surface area contributed by atoms with E-state index in [9.17, 15) is 19.5 Å². The predicted octanol–water partition coefficient (Wildman–Crippen LogP) is 1.60. The molecule has 3 rings (SSSR count). The maximum atomic E-state index is 12.4. The third-order valence-corrected chi connectivity index (χ3v) is 4.54. The van der Waals surface area contributed by atoms with E-state index in [1.807, 2.05) is 24.3 Å². The van der Waals surface area contributed by atoms with E-state index < -0.39 is 11.9 Å². The van der Waals surface area contributed by atoms with Crippen LogP contribution in [0.2, 0.25) is 0 Å². The molecule has 1 aliphatic rings. The summed E-state index contributed by atoms with van der Waals surface area (Å²) in [5.74, 6) is -2.06. The standard InChI is InChI=1S/C20H20N2O4/c1-2-13-3-9-17(10-4-13)22-12-15(11-18(22)23)19(24)21-16-7-5-14(6-8-16)20(25)26/h3-10,15H,2,11-12H2,1H3,(H,21,24)(H,25,26)/p-1/t15-/m0/s1. The van der Waals surface area contributed by atoms with Crippen molar-refractivity contribution in [3.8, 4) is 0 Å². The Morgan fingerprint density at radius 1 is 1.12 bits per heavy atom. The van der Waals surface area contributed by atoms with Gasteiger partial charge in [-0.3, -0.25) is 9.59 Å². The van der Waals surface area contributed by atoms with Gasteiger partial charge in [0.25, 0.3) is 0 Å². The molecule has 0 spiro atoms. The van der Waals surface area contributed by atoms with E-state index in [2.05, 4.69) is 12.2 Å². The van der Waals surface area contributed by atoms with Crippen LogP contribution in [0, 0.1) is 5.92 Å². The highest BCUT2D eigenvalue weighted by Gasteiger charge is 2.35. The van der Waals surface area contributed by atoms with Crippen LogP contribution in [0.4, 0.5) is 11.4 Å². The van der Waals surface area contributed by atoms with Gasteiger partial charge in [-0.2, -0.15) is 0 Å². The second-order valence-corrected chi connectivity index (χ2v) is 6.28. The van der Waals surface area contributed by atoms with Crippen molar-refractivity contribution in [1.82, 2.24) is 0 Å². The second-order valence-electron chi connectivity index (χ2n) is 6.28. The lowest BCUT2D eigenvalue weighted by molar-refractivity contribution is -0.255. The van der Waals surface area contributed by atoms with Gasteiger partial charge in [-0.15, -0.1) is 0 Å². The first-order valence-corrected chi connectivity index (χ1v) is 8.49. The largest absolute Gasteiger partial charge is 0.545 e. The Balaban J connectivity index is 1.65. The van der Waals surface area contributed by atoms with Crippen LogP contribution in [0.15, 0.2) is 48.5 Å². The molecule has 1 saturated heterocycles. The normalized spacial score (nSPS) is 16.6. The summed E-state index contributed by atoms with van der Waals surface area (Å²) in [7, 11) is 0. The van der Waals surface area contributed by atoms with Crippen LogP contribution < -0.4 is 15.3 Å². The molecule has 1 N–H and O–H groups in total. The van der Waals surface area contributed by atoms with Gasteiger partial charge in [0.2, 0.25) is 11.8 Å². The quantitative estimate of drug-likeness (QED) is 0.886. The Bertz CT molecular complexity index is 828. The van der Waals surface area contributed by atoms with Crippen LogP contribution in [0.25, 0.3) is 0 Å². The van der Waals surface area contributed by atoms with E-state index in [1.165, 1.54) is 29.8 Å². The van der Waals surface area contributed by atoms with Crippen molar-refractivity contribution < 1.29 is 19.5 Å². The number of hydrogen-bond acceptors (Lipinski definition) is 4. The number of nitrogens with one attached hydrogen (secondary N) is 1. The highest BCUT2D eigenvalue weighted by molar-refractivity contribution is 6.03. The molecule has 1 heterocycles. The number of amides is 2. The Labute approximate surface area is 151 Å². The Morgan fingerprint density at radius 2 is 1.77 bits per heavy atom. The van der Waals surface area contributed by atoms with Crippen molar-refractivity contribution in [3.63, 3.8) is 0 Å². The van der Waals surface area contributed by atoms with Gasteiger partial charge in [0, 0.05) is 24.3 Å². The summed E-state index contributed by atoms with van der Waals surface area (Å²) < 4.78 is 0. The molecule has 2 amide bonds. The van der Waals surface area contributed by atoms with Gasteiger partial charge in [-0.1, -0.05) is 31.2 Å². The first-order chi connectivity index (χ1) is 12.5. The van der Waals surface area contributed by atoms with Crippen LogP contribution in [-0.2, 0) is 16.0 Å². The number of aryl methyl sites for hydroxylation is 1. The molecule has 26 heavy (non-hydrogen) atoms. The zero-order valence-corrected chi connectivity index (χ0v) is 14.4. The number of anilines is 2. The smallest absolute Gasteiger partial charge is 0.229 e. The number of carbonyl (C=O) groups excluding carboxylic acids is 3. The molecule has 0 aromatic heterocycles. The van der Waals surface area contributed by atoms with E-state index in [0.29, 0.717) is 12.2 Å². The van der Waals surface area contributed by atoms with Crippen LogP contribution in [-0.4, -0.2) is 24.3 Å². The first kappa shape index (κ1) is 17.7. The van der Waals surface area contributed by atoms with Crippen molar-refractivity contribution in [1.29, 1.82) is 0 Å². The molecular formula is C20H19N2O4-. The SMILES string of the molecule is CCc1ccc(N2C[C@@H](C(=O)Nc3ccc(C(=O)[O-])cc3)CC2=O)cc1. The monoisotopic (exact) mass is 351 g/mol. The van der Waals surface area contributed by atoms with Crippen molar-refractivity contribution in [2.75, 3.05) is 16.8 Å². The van der Waals surface area contributed by atoms with E-state index in [1.54, 1.807) is 4.90 Å². The lowest BCUT2D eigenvalue weighted by Gasteiger charge is -2.17. The fourth-order valence-corrected chi connectivity index (χ4v) is 2.98. The third-order valence-electron chi connectivity index (χ3n) is 4.54. The summed E-state index contributed by atoms with van der Waals surface area (Å²) in [6.45, 7) is 2.39. The van der Waals surface area contributed by atoms with E-state index in [-0.39, 0.29) is 23.8 Å². The molecule has 2 aromatic carbocycles. The topological polar surface area (TPSA) is 89.5 Å². The molecule has 1 fully saturated rings. The average Bonchev–Trinajstić information content (AvgIpc) is 3.04. The second kappa shape index (κ2) is 7.39. The Morgan fingerprint density at radius 3 is 2.35 bits per heavy atom. The van der Waals surface area contributed by atoms with Crippen LogP contribution in [0.3, 0.4) is 0 Å². The van der Waals surface area contributed by atoms with Gasteiger partial charge >= 0.3 is 0 Å². The Hall–Kier alpha value is -3.15. The van der Waals surface area contributed by atoms with Crippen LogP contribution in [0.5, 0.6) is 0 Å². The molecule has 2 aromatic rings. The summed E-state index contributed by atoms with van der Waals surface area (Å²) in [5, 5.41) is 13.5. The fraction of sp³-hybridized carbons (Fsp3) is 0.250. The number of nitrogens with zero attached hydrogens (tertiary/aromatic N) is 1. The number of carboxylic acid groups (broad SMARTS) is 1. The van der Waals surface area contributed by atoms with Crippen LogP contribution >= 0.6 is 0 Å². The summed E-state index contributed by atoms with van der Waals surface area (Å²) in [6.07, 6.45) is 1.08. The highest BCUT2D eigenvalue weighted by atomic mass is 16.4. The van der Waals surface area contributed by atoms with Gasteiger partial charge in [-0.25, -0.2) is 0 Å². The van der Waals surface area contributed by atoms with Gasteiger partial charge in [0.05, 0.1) is 11.9 Å². The number of rotatable bonds is 5. The number of carboxylic acids is 1. The van der Waals surface area contributed by atoms with Crippen molar-refractivity contribution >= 4 is 29.2 Å². The number of hydrogen-bond donors (Lipinski definition) is 1. The molecule has 0 radical (unpaired) electrons. The Kier molecular flexibility index (Phi) is 5.02. The van der Waals surface area contributed by atoms with Gasteiger partial charge in [-0.05, 0) is 41.8 Å². The van der Waals surface area contributed by atoms with Crippen molar-refractivity contribution in [2.24, 2.45) is 5.92 Å². The van der Waals surface area contributed by atoms with E-state index >= 15 is 0 Å². The molecule has 0 aliphatic carbocycles. The van der Waals surface area contributed by atoms with Gasteiger partial charge in [0.1, 0.15) is 0 Å². The summed E-state index contributed by atoms with van der Waals surface area (Å²) in [6, 6.07) is 13.5. The maximum absolute atomic E-state index is 12.4. The molecular weight excluding hydrogens is 332 g/mol. The molecule has 1 aliphatic heterocycles. The predicted molar refractivity (Wildman–Crippen MR) is 95.7 cm³/mol. The minimum Gasteiger partial charge on any atom is -0.545 e. The zero-order valence-electron chi connectivity index (χ0n) is 14.4. The van der Waals surface area contributed by atoms with Crippen molar-refractivity contribution in [3.05, 3.63) is 59.7 Å². The number of aromatic carboxylic acids is 1. The first-order valence-electron chi connectivity index (χ1n) is 8.49. The molecule has 0 saturated carbocycles. The molecule has 134 valence electrons. The van der Waals surface area contributed by atoms with E-state index in [4.69, 9.17) is 0 Å². The molecule has 1 atom stereocenters. The maximum Gasteiger partial charge on any atom is 0.229 e. The summed E-state index contributed by atoms with van der Waals surface area (Å²) >= 11 is 0. The zero-order chi connectivity index (χ0) is 18.7. The lowest BCUT2D eigenvalue weighted by Crippen LogP contribution is -2.28. The van der Waals surface area contributed by atoms with Gasteiger partial charge in [0.15, 0.2) is 0 Å². The van der Waals surface area contributed by atoms with Gasteiger partial charge < -0.3 is 20.1 Å². The summed E-state index contributed by atoms with van der Waals surface area (Å²) in [4.78, 5) is 37.1. The van der Waals surface area contributed by atoms with E-state index in [0.717, 1.165) is 12.1 Å². The minimum absolute atomic E-state index is 0.0424. The lowest BCUT2D eigenvalue weighted by atomic mass is 10.1. The highest BCUT2D eigenvalue weighted by Crippen LogP contribution is 2.26. The molecule has 6 heteroatoms. The van der Waals surface area contributed by atoms with Crippen molar-refractivity contribution in [2.45, 2.75) is 19.8 Å². The average molecular weight is 351 g/mol. The molecule has 0 bridgehead atoms. The number of carbonyl (C=O) groups is 3. The fourth-order valence-electron chi connectivity index (χ4n) is 2.98. The molecule has 6 nitrogen and oxygen atoms in total. The van der Waals surface area contributed by atoms with Crippen LogP contribution in [0.1, 0.15) is 29.3 Å². The minimum atomic E-state index is -1.27. The number of benzene rings is 2. The molecule has 0 unspecified atom stereocenters. The third kappa shape index (κ3) is 3.74.